The second kappa shape index (κ2) is 8.01. The predicted octanol–water partition coefficient (Wildman–Crippen LogP) is 3.77. The third-order valence-electron chi connectivity index (χ3n) is 3.75. The first-order valence-corrected chi connectivity index (χ1v) is 9.17. The number of rotatable bonds is 5. The summed E-state index contributed by atoms with van der Waals surface area (Å²) in [5, 5.41) is 12.9. The van der Waals surface area contributed by atoms with Gasteiger partial charge in [0.2, 0.25) is 12.4 Å². The Hall–Kier alpha value is -2.86. The van der Waals surface area contributed by atoms with Crippen LogP contribution in [0.5, 0.6) is 0 Å². The Morgan fingerprint density at radius 3 is 2.54 bits per heavy atom. The highest BCUT2D eigenvalue weighted by Gasteiger charge is 2.14. The summed E-state index contributed by atoms with van der Waals surface area (Å²) in [7, 11) is 0. The average molecular weight is 366 g/mol. The highest BCUT2D eigenvalue weighted by atomic mass is 32.2. The fourth-order valence-corrected chi connectivity index (χ4v) is 3.57. The Balaban J connectivity index is 1.75. The van der Waals surface area contributed by atoms with Crippen LogP contribution < -0.4 is 10.0 Å². The average Bonchev–Trinajstić information content (AvgIpc) is 2.60. The van der Waals surface area contributed by atoms with E-state index in [-0.39, 0.29) is 5.91 Å². The molecule has 0 aliphatic heterocycles. The number of aromatic nitrogens is 2. The van der Waals surface area contributed by atoms with E-state index in [0.717, 1.165) is 27.1 Å². The molecule has 0 saturated carbocycles. The van der Waals surface area contributed by atoms with Crippen LogP contribution in [0.25, 0.3) is 0 Å². The smallest absolute Gasteiger partial charge is 0.258 e. The van der Waals surface area contributed by atoms with Crippen LogP contribution in [0.3, 0.4) is 0 Å². The summed E-state index contributed by atoms with van der Waals surface area (Å²) in [6.07, 6.45) is 4.83. The number of nitrogens with zero attached hydrogens (tertiary/aromatic N) is 2. The van der Waals surface area contributed by atoms with Gasteiger partial charge in [0, 0.05) is 34.5 Å². The van der Waals surface area contributed by atoms with E-state index in [1.54, 1.807) is 30.7 Å². The van der Waals surface area contributed by atoms with Gasteiger partial charge < -0.3 is 5.32 Å². The maximum absolute atomic E-state index is 12.7. The molecule has 3 aromatic rings. The molecule has 2 aromatic heterocycles. The molecule has 6 heteroatoms. The number of anilines is 1. The summed E-state index contributed by atoms with van der Waals surface area (Å²) >= 11 is 1.49. The molecule has 132 valence electrons. The Morgan fingerprint density at radius 2 is 1.85 bits per heavy atom. The normalized spacial score (nSPS) is 10.5. The number of benzene rings is 1. The van der Waals surface area contributed by atoms with Gasteiger partial charge in [0.15, 0.2) is 0 Å². The minimum atomic E-state index is -0.174. The van der Waals surface area contributed by atoms with Crippen molar-refractivity contribution in [2.24, 2.45) is 0 Å². The van der Waals surface area contributed by atoms with Gasteiger partial charge >= 0.3 is 0 Å². The molecule has 26 heavy (non-hydrogen) atoms. The number of hydrogen-bond acceptors (Lipinski definition) is 4. The summed E-state index contributed by atoms with van der Waals surface area (Å²) in [6.45, 7) is 4.01. The van der Waals surface area contributed by atoms with Crippen molar-refractivity contribution in [2.45, 2.75) is 24.6 Å². The number of carbonyl (C=O) groups is 1. The molecule has 0 radical (unpaired) electrons. The van der Waals surface area contributed by atoms with E-state index < -0.39 is 0 Å². The molecular weight excluding hydrogens is 346 g/mol. The molecule has 0 saturated heterocycles. The van der Waals surface area contributed by atoms with E-state index in [9.17, 15) is 10.0 Å². The SMILES string of the molecule is Cc1cc(C)cc(NC(=O)c2cccnc2SCc2cc[n+](O)cc2)c1. The van der Waals surface area contributed by atoms with Gasteiger partial charge in [-0.15, -0.1) is 11.8 Å². The highest BCUT2D eigenvalue weighted by molar-refractivity contribution is 7.98. The maximum atomic E-state index is 12.7. The Morgan fingerprint density at radius 1 is 1.15 bits per heavy atom. The van der Waals surface area contributed by atoms with Crippen molar-refractivity contribution in [1.29, 1.82) is 0 Å². The van der Waals surface area contributed by atoms with Crippen molar-refractivity contribution in [3.63, 3.8) is 0 Å². The van der Waals surface area contributed by atoms with Crippen molar-refractivity contribution < 1.29 is 14.7 Å². The number of pyridine rings is 2. The van der Waals surface area contributed by atoms with Gasteiger partial charge in [-0.3, -0.25) is 10.0 Å². The molecule has 1 amide bonds. The van der Waals surface area contributed by atoms with Crippen LogP contribution in [-0.2, 0) is 5.75 Å². The fraction of sp³-hybridized carbons (Fsp3) is 0.150. The zero-order valence-corrected chi connectivity index (χ0v) is 15.5. The Kier molecular flexibility index (Phi) is 5.53. The predicted molar refractivity (Wildman–Crippen MR) is 101 cm³/mol. The van der Waals surface area contributed by atoms with Gasteiger partial charge in [-0.1, -0.05) is 6.07 Å². The molecule has 1 aromatic carbocycles. The zero-order chi connectivity index (χ0) is 18.5. The van der Waals surface area contributed by atoms with E-state index in [1.807, 2.05) is 38.1 Å². The lowest BCUT2D eigenvalue weighted by Gasteiger charge is -2.10. The van der Waals surface area contributed by atoms with Gasteiger partial charge in [-0.2, -0.15) is 0 Å². The van der Waals surface area contributed by atoms with E-state index in [4.69, 9.17) is 0 Å². The lowest BCUT2D eigenvalue weighted by atomic mass is 10.1. The van der Waals surface area contributed by atoms with Gasteiger partial charge in [0.1, 0.15) is 5.03 Å². The standard InChI is InChI=1S/C20H19N3O2S/c1-14-10-15(2)12-17(11-14)22-19(24)18-4-3-7-21-20(18)26-13-16-5-8-23(25)9-6-16/h3-12H,13H2,1-2H3,(H-,22,24,25)/p+1. The number of aryl methyl sites for hydroxylation is 2. The number of carbonyl (C=O) groups excluding carboxylic acids is 1. The molecule has 0 unspecified atom stereocenters. The van der Waals surface area contributed by atoms with Crippen molar-refractivity contribution >= 4 is 23.4 Å². The summed E-state index contributed by atoms with van der Waals surface area (Å²) in [5.74, 6) is 0.480. The van der Waals surface area contributed by atoms with Crippen LogP contribution in [0.4, 0.5) is 5.69 Å². The Bertz CT molecular complexity index is 906. The van der Waals surface area contributed by atoms with Crippen LogP contribution in [-0.4, -0.2) is 16.1 Å². The number of amides is 1. The van der Waals surface area contributed by atoms with Crippen molar-refractivity contribution in [3.8, 4) is 0 Å². The molecule has 5 nitrogen and oxygen atoms in total. The van der Waals surface area contributed by atoms with Crippen LogP contribution in [0.15, 0.2) is 66.1 Å². The molecule has 2 heterocycles. The topological polar surface area (TPSA) is 66.1 Å². The highest BCUT2D eigenvalue weighted by Crippen LogP contribution is 2.25. The second-order valence-electron chi connectivity index (χ2n) is 6.06. The molecule has 2 N–H and O–H groups in total. The molecular formula is C20H20N3O2S+. The van der Waals surface area contributed by atoms with Crippen molar-refractivity contribution in [2.75, 3.05) is 5.32 Å². The second-order valence-corrected chi connectivity index (χ2v) is 7.03. The van der Waals surface area contributed by atoms with Gasteiger partial charge in [-0.25, -0.2) is 4.98 Å². The van der Waals surface area contributed by atoms with E-state index in [0.29, 0.717) is 16.3 Å². The van der Waals surface area contributed by atoms with E-state index >= 15 is 0 Å². The quantitative estimate of drug-likeness (QED) is 0.410. The molecule has 0 bridgehead atoms. The van der Waals surface area contributed by atoms with Crippen LogP contribution in [0.2, 0.25) is 0 Å². The third-order valence-corrected chi connectivity index (χ3v) is 4.83. The fourth-order valence-electron chi connectivity index (χ4n) is 2.62. The molecule has 0 spiro atoms. The number of nitrogens with one attached hydrogen (secondary N) is 1. The molecule has 0 aliphatic rings. The lowest BCUT2D eigenvalue weighted by molar-refractivity contribution is -0.904. The van der Waals surface area contributed by atoms with Gasteiger partial charge in [0.25, 0.3) is 5.91 Å². The first-order chi connectivity index (χ1) is 12.5. The summed E-state index contributed by atoms with van der Waals surface area (Å²) < 4.78 is 0.998. The van der Waals surface area contributed by atoms with E-state index in [1.165, 1.54) is 11.8 Å². The minimum absolute atomic E-state index is 0.174. The largest absolute Gasteiger partial charge is 0.322 e. The molecule has 0 atom stereocenters. The maximum Gasteiger partial charge on any atom is 0.258 e. The van der Waals surface area contributed by atoms with Gasteiger partial charge in [0.05, 0.1) is 5.56 Å². The van der Waals surface area contributed by atoms with Crippen LogP contribution >= 0.6 is 11.8 Å². The number of hydrogen-bond donors (Lipinski definition) is 2. The van der Waals surface area contributed by atoms with Gasteiger partial charge in [-0.05, 0) is 54.8 Å². The summed E-state index contributed by atoms with van der Waals surface area (Å²) in [4.78, 5) is 17.1. The summed E-state index contributed by atoms with van der Waals surface area (Å²) in [5.41, 5.74) is 4.57. The number of thioether (sulfide) groups is 1. The Labute approximate surface area is 156 Å². The lowest BCUT2D eigenvalue weighted by Crippen LogP contribution is -2.27. The molecule has 0 fully saturated rings. The van der Waals surface area contributed by atoms with Crippen LogP contribution in [0, 0.1) is 13.8 Å². The first kappa shape index (κ1) is 17.9. The molecule has 3 rings (SSSR count). The minimum Gasteiger partial charge on any atom is -0.322 e. The molecule has 0 aliphatic carbocycles. The summed E-state index contributed by atoms with van der Waals surface area (Å²) in [6, 6.07) is 13.1. The first-order valence-electron chi connectivity index (χ1n) is 8.18. The van der Waals surface area contributed by atoms with Crippen LogP contribution in [0.1, 0.15) is 27.0 Å². The third kappa shape index (κ3) is 4.61. The monoisotopic (exact) mass is 366 g/mol. The van der Waals surface area contributed by atoms with Crippen molar-refractivity contribution in [1.82, 2.24) is 4.98 Å². The van der Waals surface area contributed by atoms with Crippen molar-refractivity contribution in [3.05, 3.63) is 83.3 Å². The zero-order valence-electron chi connectivity index (χ0n) is 14.6. The van der Waals surface area contributed by atoms with E-state index in [2.05, 4.69) is 16.4 Å².